The van der Waals surface area contributed by atoms with Gasteiger partial charge in [-0.05, 0) is 45.8 Å². The second kappa shape index (κ2) is 6.29. The number of carbonyl (C=O) groups is 1. The van der Waals surface area contributed by atoms with E-state index in [2.05, 4.69) is 25.9 Å². The summed E-state index contributed by atoms with van der Waals surface area (Å²) >= 11 is 3.40. The molecule has 0 aliphatic rings. The number of hydrogen-bond donors (Lipinski definition) is 1. The fourth-order valence-corrected chi connectivity index (χ4v) is 2.11. The third-order valence-electron chi connectivity index (χ3n) is 2.53. The van der Waals surface area contributed by atoms with E-state index in [1.54, 1.807) is 13.2 Å². The van der Waals surface area contributed by atoms with Crippen LogP contribution >= 0.6 is 15.9 Å². The molecule has 1 aromatic carbocycles. The van der Waals surface area contributed by atoms with Crippen molar-refractivity contribution in [2.75, 3.05) is 7.11 Å². The van der Waals surface area contributed by atoms with Crippen molar-refractivity contribution in [3.63, 3.8) is 0 Å². The Morgan fingerprint density at radius 3 is 2.75 bits per heavy atom. The molecular formula is C14H11BrN2O3. The zero-order valence-corrected chi connectivity index (χ0v) is 12.2. The molecule has 6 heteroatoms. The standard InChI is InChI=1S/C14H11BrN2O3/c1-20-13-5-3-9(6-11(13)15)2-4-10-7-12(14(18)19)17-8-16-10/h2-8H,1H3,(H,18,19). The zero-order valence-electron chi connectivity index (χ0n) is 10.6. The molecule has 0 atom stereocenters. The SMILES string of the molecule is COc1ccc(C=Cc2cc(C(=O)O)ncn2)cc1Br. The summed E-state index contributed by atoms with van der Waals surface area (Å²) in [4.78, 5) is 18.5. The Hall–Kier alpha value is -2.21. The molecule has 2 aromatic rings. The smallest absolute Gasteiger partial charge is 0.354 e. The van der Waals surface area contributed by atoms with E-state index in [9.17, 15) is 4.79 Å². The highest BCUT2D eigenvalue weighted by Gasteiger charge is 2.04. The number of carboxylic acid groups (broad SMARTS) is 1. The van der Waals surface area contributed by atoms with Gasteiger partial charge in [0.2, 0.25) is 0 Å². The minimum absolute atomic E-state index is 0.0319. The summed E-state index contributed by atoms with van der Waals surface area (Å²) in [7, 11) is 1.60. The summed E-state index contributed by atoms with van der Waals surface area (Å²) in [6.07, 6.45) is 4.79. The maximum Gasteiger partial charge on any atom is 0.354 e. The highest BCUT2D eigenvalue weighted by Crippen LogP contribution is 2.26. The normalized spacial score (nSPS) is 10.7. The molecule has 0 bridgehead atoms. The fraction of sp³-hybridized carbons (Fsp3) is 0.0714. The largest absolute Gasteiger partial charge is 0.496 e. The Kier molecular flexibility index (Phi) is 4.47. The van der Waals surface area contributed by atoms with E-state index >= 15 is 0 Å². The van der Waals surface area contributed by atoms with Crippen LogP contribution < -0.4 is 4.74 Å². The van der Waals surface area contributed by atoms with Crippen LogP contribution in [0.25, 0.3) is 12.2 Å². The van der Waals surface area contributed by atoms with Gasteiger partial charge >= 0.3 is 5.97 Å². The topological polar surface area (TPSA) is 72.3 Å². The summed E-state index contributed by atoms with van der Waals surface area (Å²) in [5.41, 5.74) is 1.44. The Bertz CT molecular complexity index is 671. The average Bonchev–Trinajstić information content (AvgIpc) is 2.45. The van der Waals surface area contributed by atoms with Crippen LogP contribution in [-0.2, 0) is 0 Å². The lowest BCUT2D eigenvalue weighted by atomic mass is 10.2. The van der Waals surface area contributed by atoms with Crippen LogP contribution in [0.1, 0.15) is 21.7 Å². The highest BCUT2D eigenvalue weighted by atomic mass is 79.9. The lowest BCUT2D eigenvalue weighted by molar-refractivity contribution is 0.0690. The third-order valence-corrected chi connectivity index (χ3v) is 3.15. The van der Waals surface area contributed by atoms with Gasteiger partial charge in [0.05, 0.1) is 17.3 Å². The zero-order chi connectivity index (χ0) is 14.5. The van der Waals surface area contributed by atoms with Gasteiger partial charge in [-0.3, -0.25) is 0 Å². The van der Waals surface area contributed by atoms with Crippen molar-refractivity contribution in [3.05, 3.63) is 52.0 Å². The van der Waals surface area contributed by atoms with Crippen LogP contribution in [0.15, 0.2) is 35.1 Å². The summed E-state index contributed by atoms with van der Waals surface area (Å²) in [6, 6.07) is 7.04. The van der Waals surface area contributed by atoms with Crippen LogP contribution in [0.4, 0.5) is 0 Å². The predicted molar refractivity (Wildman–Crippen MR) is 78.6 cm³/mol. The first-order valence-corrected chi connectivity index (χ1v) is 6.46. The Morgan fingerprint density at radius 2 is 2.10 bits per heavy atom. The average molecular weight is 335 g/mol. The van der Waals surface area contributed by atoms with E-state index < -0.39 is 5.97 Å². The van der Waals surface area contributed by atoms with E-state index in [0.717, 1.165) is 15.8 Å². The maximum absolute atomic E-state index is 10.8. The molecule has 20 heavy (non-hydrogen) atoms. The minimum Gasteiger partial charge on any atom is -0.496 e. The molecule has 102 valence electrons. The van der Waals surface area contributed by atoms with Gasteiger partial charge in [-0.25, -0.2) is 14.8 Å². The summed E-state index contributed by atoms with van der Waals surface area (Å²) < 4.78 is 5.99. The van der Waals surface area contributed by atoms with E-state index in [4.69, 9.17) is 9.84 Å². The molecule has 1 heterocycles. The number of halogens is 1. The monoisotopic (exact) mass is 334 g/mol. The first-order chi connectivity index (χ1) is 9.60. The Balaban J connectivity index is 2.23. The molecule has 2 rings (SSSR count). The lowest BCUT2D eigenvalue weighted by Gasteiger charge is -2.03. The number of nitrogens with zero attached hydrogens (tertiary/aromatic N) is 2. The van der Waals surface area contributed by atoms with Gasteiger partial charge in [0.25, 0.3) is 0 Å². The summed E-state index contributed by atoms with van der Waals surface area (Å²) in [5, 5.41) is 8.85. The Morgan fingerprint density at radius 1 is 1.30 bits per heavy atom. The lowest BCUT2D eigenvalue weighted by Crippen LogP contribution is -2.00. The fourth-order valence-electron chi connectivity index (χ4n) is 1.55. The van der Waals surface area contributed by atoms with Crippen LogP contribution in [-0.4, -0.2) is 28.2 Å². The number of aromatic nitrogens is 2. The van der Waals surface area contributed by atoms with Gasteiger partial charge in [0, 0.05) is 0 Å². The summed E-state index contributed by atoms with van der Waals surface area (Å²) in [6.45, 7) is 0. The van der Waals surface area contributed by atoms with Gasteiger partial charge in [-0.15, -0.1) is 0 Å². The molecule has 0 spiro atoms. The van der Waals surface area contributed by atoms with Crippen molar-refractivity contribution >= 4 is 34.1 Å². The van der Waals surface area contributed by atoms with E-state index in [0.29, 0.717) is 5.69 Å². The molecule has 0 saturated carbocycles. The molecule has 0 amide bonds. The second-order valence-corrected chi connectivity index (χ2v) is 4.71. The van der Waals surface area contributed by atoms with Crippen molar-refractivity contribution in [1.29, 1.82) is 0 Å². The molecule has 0 fully saturated rings. The van der Waals surface area contributed by atoms with Gasteiger partial charge in [-0.2, -0.15) is 0 Å². The van der Waals surface area contributed by atoms with Gasteiger partial charge in [0.1, 0.15) is 12.1 Å². The number of rotatable bonds is 4. The first kappa shape index (κ1) is 14.2. The first-order valence-electron chi connectivity index (χ1n) is 5.67. The molecule has 1 aromatic heterocycles. The van der Waals surface area contributed by atoms with Crippen molar-refractivity contribution in [2.45, 2.75) is 0 Å². The Labute approximate surface area is 124 Å². The number of benzene rings is 1. The van der Waals surface area contributed by atoms with E-state index in [-0.39, 0.29) is 5.69 Å². The van der Waals surface area contributed by atoms with E-state index in [1.165, 1.54) is 12.4 Å². The number of ether oxygens (including phenoxy) is 1. The van der Waals surface area contributed by atoms with Crippen LogP contribution in [0.2, 0.25) is 0 Å². The minimum atomic E-state index is -1.07. The molecular weight excluding hydrogens is 324 g/mol. The second-order valence-electron chi connectivity index (χ2n) is 3.86. The van der Waals surface area contributed by atoms with Crippen molar-refractivity contribution in [3.8, 4) is 5.75 Å². The molecule has 0 unspecified atom stereocenters. The predicted octanol–water partition coefficient (Wildman–Crippen LogP) is 3.12. The number of methoxy groups -OCH3 is 1. The maximum atomic E-state index is 10.8. The van der Waals surface area contributed by atoms with Gasteiger partial charge < -0.3 is 9.84 Å². The van der Waals surface area contributed by atoms with Gasteiger partial charge in [0.15, 0.2) is 5.69 Å². The van der Waals surface area contributed by atoms with Crippen molar-refractivity contribution in [2.24, 2.45) is 0 Å². The van der Waals surface area contributed by atoms with Crippen LogP contribution in [0.5, 0.6) is 5.75 Å². The number of hydrogen-bond acceptors (Lipinski definition) is 4. The molecule has 0 aliphatic heterocycles. The molecule has 0 radical (unpaired) electrons. The molecule has 1 N–H and O–H groups in total. The third kappa shape index (κ3) is 3.42. The molecule has 0 aliphatic carbocycles. The van der Waals surface area contributed by atoms with Crippen LogP contribution in [0.3, 0.4) is 0 Å². The van der Waals surface area contributed by atoms with E-state index in [1.807, 2.05) is 24.3 Å². The quantitative estimate of drug-likeness (QED) is 0.929. The number of carboxylic acids is 1. The van der Waals surface area contributed by atoms with Crippen LogP contribution in [0, 0.1) is 0 Å². The van der Waals surface area contributed by atoms with Crippen molar-refractivity contribution < 1.29 is 14.6 Å². The number of aromatic carboxylic acids is 1. The van der Waals surface area contributed by atoms with Crippen molar-refractivity contribution in [1.82, 2.24) is 9.97 Å². The molecule has 5 nitrogen and oxygen atoms in total. The van der Waals surface area contributed by atoms with Gasteiger partial charge in [-0.1, -0.05) is 12.1 Å². The molecule has 0 saturated heterocycles. The highest BCUT2D eigenvalue weighted by molar-refractivity contribution is 9.10. The summed E-state index contributed by atoms with van der Waals surface area (Å²) in [5.74, 6) is -0.327.